The molecule has 4 nitrogen and oxygen atoms in total. The number of benzene rings is 3. The molecule has 4 rings (SSSR count). The number of carbonyl (C=O) groups excluding carboxylic acids is 1. The largest absolute Gasteiger partial charge is 0.573 e. The molecule has 0 radical (unpaired) electrons. The van der Waals surface area contributed by atoms with Crippen molar-refractivity contribution in [1.82, 2.24) is 0 Å². The van der Waals surface area contributed by atoms with Crippen LogP contribution in [0, 0.1) is 6.57 Å². The number of hydrogen-bond acceptors (Lipinski definition) is 2. The third kappa shape index (κ3) is 5.90. The van der Waals surface area contributed by atoms with Crippen LogP contribution in [0.2, 0.25) is 0 Å². The van der Waals surface area contributed by atoms with Gasteiger partial charge in [0.2, 0.25) is 0 Å². The maximum atomic E-state index is 13.5. The molecule has 0 aliphatic carbocycles. The quantitative estimate of drug-likeness (QED) is 0.337. The van der Waals surface area contributed by atoms with E-state index in [0.717, 1.165) is 5.56 Å². The Morgan fingerprint density at radius 2 is 1.71 bits per heavy atom. The van der Waals surface area contributed by atoms with Crippen LogP contribution in [0.4, 0.5) is 24.5 Å². The van der Waals surface area contributed by atoms with Crippen LogP contribution >= 0.6 is 0 Å². The molecule has 180 valence electrons. The lowest BCUT2D eigenvalue weighted by Gasteiger charge is -2.26. The molecule has 1 amide bonds. The van der Waals surface area contributed by atoms with Crippen molar-refractivity contribution in [3.63, 3.8) is 0 Å². The van der Waals surface area contributed by atoms with Crippen molar-refractivity contribution in [1.29, 1.82) is 0 Å². The maximum absolute atomic E-state index is 13.5. The number of ether oxygens (including phenoxy) is 1. The number of amides is 1. The summed E-state index contributed by atoms with van der Waals surface area (Å²) in [6.45, 7) is 9.18. The second-order valence-electron chi connectivity index (χ2n) is 8.08. The van der Waals surface area contributed by atoms with E-state index in [1.165, 1.54) is 18.2 Å². The summed E-state index contributed by atoms with van der Waals surface area (Å²) < 4.78 is 42.4. The Morgan fingerprint density at radius 3 is 2.34 bits per heavy atom. The second-order valence-corrected chi connectivity index (χ2v) is 8.08. The Hall–Kier alpha value is -4.05. The minimum Gasteiger partial charge on any atom is -0.406 e. The number of alkyl halides is 3. The first-order chi connectivity index (χ1) is 16.2. The van der Waals surface area contributed by atoms with E-state index in [9.17, 15) is 18.0 Å². The van der Waals surface area contributed by atoms with Gasteiger partial charge in [-0.25, -0.2) is 4.85 Å². The average Bonchev–Trinajstić information content (AvgIpc) is 3.14. The summed E-state index contributed by atoms with van der Waals surface area (Å²) in [6.07, 6.45) is -2.53. The van der Waals surface area contributed by atoms with Crippen LogP contribution < -0.4 is 9.64 Å². The Kier molecular flexibility index (Phi) is 7.65. The van der Waals surface area contributed by atoms with E-state index in [0.29, 0.717) is 28.9 Å². The van der Waals surface area contributed by atoms with Crippen molar-refractivity contribution in [2.45, 2.75) is 39.1 Å². The highest BCUT2D eigenvalue weighted by Gasteiger charge is 2.36. The highest BCUT2D eigenvalue weighted by Crippen LogP contribution is 2.40. The fourth-order valence-corrected chi connectivity index (χ4v) is 4.11. The zero-order valence-corrected chi connectivity index (χ0v) is 18.3. The molecule has 0 spiro atoms. The van der Waals surface area contributed by atoms with Crippen molar-refractivity contribution in [3.05, 3.63) is 113 Å². The molecule has 0 fully saturated rings. The SMILES string of the molecule is C.[C-]#[N+]c1ccc(N2C(=O)C(C[C@H](C)c3ccccc3)=C[C@H]2c2cccc(OC(F)(F)F)c2)cc1. The van der Waals surface area contributed by atoms with Gasteiger partial charge in [-0.05, 0) is 53.8 Å². The summed E-state index contributed by atoms with van der Waals surface area (Å²) in [7, 11) is 0. The van der Waals surface area contributed by atoms with Crippen LogP contribution in [0.25, 0.3) is 4.85 Å². The summed E-state index contributed by atoms with van der Waals surface area (Å²) >= 11 is 0. The highest BCUT2D eigenvalue weighted by molar-refractivity contribution is 6.09. The first-order valence-electron chi connectivity index (χ1n) is 10.7. The van der Waals surface area contributed by atoms with Gasteiger partial charge in [-0.2, -0.15) is 0 Å². The normalized spacial score (nSPS) is 16.2. The molecule has 0 saturated heterocycles. The zero-order chi connectivity index (χ0) is 24.3. The molecule has 0 saturated carbocycles. The average molecular weight is 479 g/mol. The maximum Gasteiger partial charge on any atom is 0.573 e. The molecule has 1 aliphatic rings. The van der Waals surface area contributed by atoms with Crippen LogP contribution in [0.5, 0.6) is 5.75 Å². The third-order valence-electron chi connectivity index (χ3n) is 5.72. The standard InChI is InChI=1S/C27H21F3N2O2.CH4/c1-18(19-7-4-3-5-8-19)15-21-17-25(20-9-6-10-24(16-20)34-27(28,29)30)32(26(21)33)23-13-11-22(31-2)12-14-23;/h3-14,16-18,25H,15H2,1H3;1H4/t18-,25-;/m0./s1. The van der Waals surface area contributed by atoms with Gasteiger partial charge >= 0.3 is 6.36 Å². The molecule has 7 heteroatoms. The van der Waals surface area contributed by atoms with Gasteiger partial charge in [0, 0.05) is 11.3 Å². The van der Waals surface area contributed by atoms with Gasteiger partial charge in [0.25, 0.3) is 5.91 Å². The van der Waals surface area contributed by atoms with Gasteiger partial charge in [0.05, 0.1) is 12.6 Å². The molecular formula is C28H25F3N2O2. The van der Waals surface area contributed by atoms with Crippen molar-refractivity contribution in [2.24, 2.45) is 0 Å². The number of rotatable bonds is 6. The minimum absolute atomic E-state index is 0. The van der Waals surface area contributed by atoms with Crippen LogP contribution in [0.15, 0.2) is 90.5 Å². The number of anilines is 1. The first-order valence-corrected chi connectivity index (χ1v) is 10.7. The fraction of sp³-hybridized carbons (Fsp3) is 0.214. The number of nitrogens with zero attached hydrogens (tertiary/aromatic N) is 2. The van der Waals surface area contributed by atoms with Crippen molar-refractivity contribution in [2.75, 3.05) is 4.90 Å². The van der Waals surface area contributed by atoms with Crippen molar-refractivity contribution >= 4 is 17.3 Å². The van der Waals surface area contributed by atoms with E-state index in [1.54, 1.807) is 41.3 Å². The molecular weight excluding hydrogens is 453 g/mol. The summed E-state index contributed by atoms with van der Waals surface area (Å²) in [6, 6.07) is 21.4. The van der Waals surface area contributed by atoms with E-state index >= 15 is 0 Å². The van der Waals surface area contributed by atoms with Gasteiger partial charge < -0.3 is 4.74 Å². The minimum atomic E-state index is -4.81. The van der Waals surface area contributed by atoms with E-state index in [1.807, 2.05) is 37.3 Å². The Morgan fingerprint density at radius 1 is 1.03 bits per heavy atom. The van der Waals surface area contributed by atoms with Crippen LogP contribution in [-0.2, 0) is 4.79 Å². The Bertz CT molecular complexity index is 1250. The number of halogens is 3. The van der Waals surface area contributed by atoms with Crippen molar-refractivity contribution in [3.8, 4) is 5.75 Å². The summed E-state index contributed by atoms with van der Waals surface area (Å²) in [4.78, 5) is 18.4. The predicted octanol–water partition coefficient (Wildman–Crippen LogP) is 7.98. The molecule has 0 bridgehead atoms. The lowest BCUT2D eigenvalue weighted by atomic mass is 9.93. The molecule has 3 aromatic rings. The summed E-state index contributed by atoms with van der Waals surface area (Å²) in [5.74, 6) is -0.493. The molecule has 0 N–H and O–H groups in total. The van der Waals surface area contributed by atoms with E-state index in [4.69, 9.17) is 6.57 Å². The zero-order valence-electron chi connectivity index (χ0n) is 18.3. The molecule has 1 aliphatic heterocycles. The summed E-state index contributed by atoms with van der Waals surface area (Å²) in [5, 5.41) is 0. The van der Waals surface area contributed by atoms with E-state index in [-0.39, 0.29) is 25.0 Å². The summed E-state index contributed by atoms with van der Waals surface area (Å²) in [5.41, 5.74) is 3.15. The van der Waals surface area contributed by atoms with Crippen LogP contribution in [0.1, 0.15) is 43.9 Å². The molecule has 3 aromatic carbocycles. The topological polar surface area (TPSA) is 33.9 Å². The van der Waals surface area contributed by atoms with Gasteiger partial charge in [-0.3, -0.25) is 9.69 Å². The first kappa shape index (κ1) is 25.6. The Labute approximate surface area is 203 Å². The van der Waals surface area contributed by atoms with Gasteiger partial charge in [0.1, 0.15) is 5.75 Å². The monoisotopic (exact) mass is 478 g/mol. The van der Waals surface area contributed by atoms with E-state index in [2.05, 4.69) is 9.58 Å². The molecule has 0 unspecified atom stereocenters. The van der Waals surface area contributed by atoms with Crippen LogP contribution in [0.3, 0.4) is 0 Å². The Balaban J connectivity index is 0.00000342. The van der Waals surface area contributed by atoms with Gasteiger partial charge in [0.15, 0.2) is 5.69 Å². The predicted molar refractivity (Wildman–Crippen MR) is 130 cm³/mol. The lowest BCUT2D eigenvalue weighted by Crippen LogP contribution is -2.29. The molecule has 1 heterocycles. The lowest BCUT2D eigenvalue weighted by molar-refractivity contribution is -0.274. The van der Waals surface area contributed by atoms with Crippen molar-refractivity contribution < 1.29 is 22.7 Å². The second kappa shape index (κ2) is 10.5. The smallest absolute Gasteiger partial charge is 0.406 e. The van der Waals surface area contributed by atoms with E-state index < -0.39 is 12.4 Å². The molecule has 2 atom stereocenters. The van der Waals surface area contributed by atoms with Gasteiger partial charge in [-0.1, -0.05) is 68.9 Å². The highest BCUT2D eigenvalue weighted by atomic mass is 19.4. The van der Waals surface area contributed by atoms with Gasteiger partial charge in [-0.15, -0.1) is 13.2 Å². The van der Waals surface area contributed by atoms with Crippen LogP contribution in [-0.4, -0.2) is 12.3 Å². The third-order valence-corrected chi connectivity index (χ3v) is 5.72. The fourth-order valence-electron chi connectivity index (χ4n) is 4.11. The number of carbonyl (C=O) groups is 1. The molecule has 0 aromatic heterocycles. The molecule has 35 heavy (non-hydrogen) atoms. The number of hydrogen-bond donors (Lipinski definition) is 0.